The molecule has 1 aromatic carbocycles. The second-order valence-corrected chi connectivity index (χ2v) is 9.88. The standard InChI is InChI=1S/C23H31N5O2/c1-17-10-22(2,3)15-23(11-17)20(29)27(21(30)25-23)16-26(4)13-18-12-24-28(14-18)19-8-6-5-7-9-19/h5-9,12,14,17H,10-11,13,15-16H2,1-4H3,(H,25,30). The van der Waals surface area contributed by atoms with Crippen LogP contribution in [0.15, 0.2) is 42.7 Å². The van der Waals surface area contributed by atoms with E-state index in [1.807, 2.05) is 59.4 Å². The molecular weight excluding hydrogens is 378 g/mol. The zero-order valence-corrected chi connectivity index (χ0v) is 18.3. The highest BCUT2D eigenvalue weighted by molar-refractivity contribution is 6.07. The molecule has 2 atom stereocenters. The molecule has 2 fully saturated rings. The normalized spacial score (nSPS) is 25.9. The summed E-state index contributed by atoms with van der Waals surface area (Å²) in [7, 11) is 1.92. The maximum absolute atomic E-state index is 13.3. The van der Waals surface area contributed by atoms with Crippen LogP contribution in [0.5, 0.6) is 0 Å². The Kier molecular flexibility index (Phi) is 5.18. The van der Waals surface area contributed by atoms with Crippen LogP contribution in [0.3, 0.4) is 0 Å². The Balaban J connectivity index is 1.42. The van der Waals surface area contributed by atoms with Gasteiger partial charge in [0.05, 0.1) is 18.6 Å². The zero-order valence-electron chi connectivity index (χ0n) is 18.3. The third kappa shape index (κ3) is 3.99. The third-order valence-corrected chi connectivity index (χ3v) is 6.12. The van der Waals surface area contributed by atoms with Crippen molar-refractivity contribution in [3.63, 3.8) is 0 Å². The van der Waals surface area contributed by atoms with E-state index in [9.17, 15) is 9.59 Å². The summed E-state index contributed by atoms with van der Waals surface area (Å²) in [6.07, 6.45) is 6.28. The summed E-state index contributed by atoms with van der Waals surface area (Å²) in [5.41, 5.74) is 1.30. The van der Waals surface area contributed by atoms with Crippen LogP contribution >= 0.6 is 0 Å². The number of rotatable bonds is 5. The van der Waals surface area contributed by atoms with E-state index in [2.05, 4.69) is 31.2 Å². The lowest BCUT2D eigenvalue weighted by atomic mass is 9.64. The van der Waals surface area contributed by atoms with Gasteiger partial charge < -0.3 is 5.32 Å². The monoisotopic (exact) mass is 409 g/mol. The van der Waals surface area contributed by atoms with Crippen LogP contribution in [0.4, 0.5) is 4.79 Å². The van der Waals surface area contributed by atoms with Gasteiger partial charge in [0.15, 0.2) is 0 Å². The van der Waals surface area contributed by atoms with E-state index in [0.717, 1.165) is 17.7 Å². The fourth-order valence-electron chi connectivity index (χ4n) is 5.40. The van der Waals surface area contributed by atoms with Gasteiger partial charge in [-0.25, -0.2) is 14.4 Å². The molecule has 4 rings (SSSR count). The summed E-state index contributed by atoms with van der Waals surface area (Å²) >= 11 is 0. The summed E-state index contributed by atoms with van der Waals surface area (Å²) in [5, 5.41) is 7.47. The molecule has 1 spiro atoms. The molecule has 2 heterocycles. The number of benzene rings is 1. The molecule has 2 aliphatic rings. The Morgan fingerprint density at radius 1 is 1.20 bits per heavy atom. The molecule has 1 saturated carbocycles. The molecule has 1 aliphatic carbocycles. The first-order valence-electron chi connectivity index (χ1n) is 10.6. The van der Waals surface area contributed by atoms with Crippen molar-refractivity contribution in [2.24, 2.45) is 11.3 Å². The molecule has 1 aliphatic heterocycles. The summed E-state index contributed by atoms with van der Waals surface area (Å²) in [6.45, 7) is 7.39. The highest BCUT2D eigenvalue weighted by Gasteiger charge is 2.56. The van der Waals surface area contributed by atoms with E-state index >= 15 is 0 Å². The van der Waals surface area contributed by atoms with Gasteiger partial charge in [-0.2, -0.15) is 5.10 Å². The van der Waals surface area contributed by atoms with Crippen LogP contribution in [-0.4, -0.2) is 50.8 Å². The second-order valence-electron chi connectivity index (χ2n) is 9.88. The van der Waals surface area contributed by atoms with Gasteiger partial charge in [-0.15, -0.1) is 0 Å². The smallest absolute Gasteiger partial charge is 0.323 e. The van der Waals surface area contributed by atoms with Crippen molar-refractivity contribution in [2.45, 2.75) is 52.1 Å². The van der Waals surface area contributed by atoms with Crippen LogP contribution in [0.25, 0.3) is 5.69 Å². The molecule has 2 unspecified atom stereocenters. The molecule has 0 radical (unpaired) electrons. The predicted octanol–water partition coefficient (Wildman–Crippen LogP) is 3.40. The maximum atomic E-state index is 13.3. The van der Waals surface area contributed by atoms with Crippen molar-refractivity contribution >= 4 is 11.9 Å². The SMILES string of the molecule is CC1CC(C)(C)CC2(C1)NC(=O)N(CN(C)Cc1cnn(-c3ccccc3)c1)C2=O. The number of amides is 3. The second kappa shape index (κ2) is 7.54. The van der Waals surface area contributed by atoms with Crippen LogP contribution in [0, 0.1) is 11.3 Å². The summed E-state index contributed by atoms with van der Waals surface area (Å²) in [5.74, 6) is 0.318. The van der Waals surface area contributed by atoms with Crippen molar-refractivity contribution in [3.8, 4) is 5.69 Å². The third-order valence-electron chi connectivity index (χ3n) is 6.12. The number of nitrogens with zero attached hydrogens (tertiary/aromatic N) is 4. The minimum absolute atomic E-state index is 0.0362. The molecule has 7 heteroatoms. The number of carbonyl (C=O) groups excluding carboxylic acids is 2. The topological polar surface area (TPSA) is 70.5 Å². The molecule has 2 aromatic rings. The largest absolute Gasteiger partial charge is 0.326 e. The Bertz CT molecular complexity index is 938. The van der Waals surface area contributed by atoms with Gasteiger partial charge in [0, 0.05) is 18.3 Å². The fourth-order valence-corrected chi connectivity index (χ4v) is 5.40. The first-order chi connectivity index (χ1) is 14.2. The van der Waals surface area contributed by atoms with Crippen molar-refractivity contribution in [1.29, 1.82) is 0 Å². The number of urea groups is 1. The van der Waals surface area contributed by atoms with Crippen molar-refractivity contribution in [2.75, 3.05) is 13.7 Å². The zero-order chi connectivity index (χ0) is 21.5. The van der Waals surface area contributed by atoms with Crippen molar-refractivity contribution in [1.82, 2.24) is 24.9 Å². The van der Waals surface area contributed by atoms with Gasteiger partial charge in [0.2, 0.25) is 0 Å². The molecule has 1 saturated heterocycles. The van der Waals surface area contributed by atoms with E-state index in [-0.39, 0.29) is 24.0 Å². The van der Waals surface area contributed by atoms with Crippen molar-refractivity contribution < 1.29 is 9.59 Å². The van der Waals surface area contributed by atoms with Gasteiger partial charge >= 0.3 is 6.03 Å². The Morgan fingerprint density at radius 3 is 2.63 bits per heavy atom. The van der Waals surface area contributed by atoms with Crippen LogP contribution in [0.1, 0.15) is 45.6 Å². The van der Waals surface area contributed by atoms with Gasteiger partial charge in [0.1, 0.15) is 5.54 Å². The first-order valence-corrected chi connectivity index (χ1v) is 10.6. The van der Waals surface area contributed by atoms with Crippen molar-refractivity contribution in [3.05, 3.63) is 48.3 Å². The molecule has 160 valence electrons. The summed E-state index contributed by atoms with van der Waals surface area (Å²) in [4.78, 5) is 29.3. The maximum Gasteiger partial charge on any atom is 0.326 e. The quantitative estimate of drug-likeness (QED) is 0.769. The lowest BCUT2D eigenvalue weighted by Gasteiger charge is -2.43. The minimum atomic E-state index is -0.753. The molecule has 0 bridgehead atoms. The molecule has 1 aromatic heterocycles. The number of hydrogen-bond donors (Lipinski definition) is 1. The number of imide groups is 1. The van der Waals surface area contributed by atoms with Gasteiger partial charge in [-0.1, -0.05) is 39.0 Å². The average molecular weight is 410 g/mol. The molecule has 1 N–H and O–H groups in total. The van der Waals surface area contributed by atoms with Crippen LogP contribution in [0.2, 0.25) is 0 Å². The van der Waals surface area contributed by atoms with Gasteiger partial charge in [0.25, 0.3) is 5.91 Å². The van der Waals surface area contributed by atoms with Gasteiger partial charge in [-0.3, -0.25) is 9.69 Å². The van der Waals surface area contributed by atoms with E-state index in [0.29, 0.717) is 25.3 Å². The molecular formula is C23H31N5O2. The Labute approximate surface area is 178 Å². The lowest BCUT2D eigenvalue weighted by molar-refractivity contribution is -0.136. The number of nitrogens with one attached hydrogen (secondary N) is 1. The Hall–Kier alpha value is -2.67. The van der Waals surface area contributed by atoms with Crippen LogP contribution in [-0.2, 0) is 11.3 Å². The lowest BCUT2D eigenvalue weighted by Crippen LogP contribution is -2.54. The average Bonchev–Trinajstić information content (AvgIpc) is 3.20. The summed E-state index contributed by atoms with van der Waals surface area (Å²) in [6, 6.07) is 9.64. The number of aromatic nitrogens is 2. The van der Waals surface area contributed by atoms with E-state index in [1.165, 1.54) is 4.90 Å². The molecule has 7 nitrogen and oxygen atoms in total. The highest BCUT2D eigenvalue weighted by atomic mass is 16.2. The fraction of sp³-hybridized carbons (Fsp3) is 0.522. The Morgan fingerprint density at radius 2 is 1.93 bits per heavy atom. The highest BCUT2D eigenvalue weighted by Crippen LogP contribution is 2.46. The van der Waals surface area contributed by atoms with Gasteiger partial charge in [-0.05, 0) is 49.8 Å². The molecule has 3 amide bonds. The first kappa shape index (κ1) is 20.6. The number of para-hydroxylation sites is 1. The van der Waals surface area contributed by atoms with E-state index in [4.69, 9.17) is 0 Å². The van der Waals surface area contributed by atoms with E-state index in [1.54, 1.807) is 0 Å². The number of hydrogen-bond acceptors (Lipinski definition) is 4. The predicted molar refractivity (Wildman–Crippen MR) is 115 cm³/mol. The van der Waals surface area contributed by atoms with E-state index < -0.39 is 5.54 Å². The minimum Gasteiger partial charge on any atom is -0.323 e. The number of carbonyl (C=O) groups is 2. The molecule has 30 heavy (non-hydrogen) atoms. The summed E-state index contributed by atoms with van der Waals surface area (Å²) < 4.78 is 1.83. The van der Waals surface area contributed by atoms with Crippen LogP contribution < -0.4 is 5.32 Å².